The van der Waals surface area contributed by atoms with E-state index in [1.807, 2.05) is 6.92 Å². The molecule has 2 fully saturated rings. The van der Waals surface area contributed by atoms with Gasteiger partial charge in [-0.25, -0.2) is 13.2 Å². The lowest BCUT2D eigenvalue weighted by Crippen LogP contribution is -2.49. The van der Waals surface area contributed by atoms with Crippen molar-refractivity contribution in [2.24, 2.45) is 11.7 Å². The Morgan fingerprint density at radius 1 is 1.10 bits per heavy atom. The fourth-order valence-corrected chi connectivity index (χ4v) is 5.58. The van der Waals surface area contributed by atoms with Gasteiger partial charge < -0.3 is 15.2 Å². The van der Waals surface area contributed by atoms with Crippen molar-refractivity contribution in [2.45, 2.75) is 44.7 Å². The van der Waals surface area contributed by atoms with E-state index in [1.54, 1.807) is 0 Å². The molecule has 0 bridgehead atoms. The van der Waals surface area contributed by atoms with E-state index < -0.39 is 39.5 Å². The van der Waals surface area contributed by atoms with Gasteiger partial charge >= 0.3 is 0 Å². The number of nitrogens with zero attached hydrogens (tertiary/aromatic N) is 2. The van der Waals surface area contributed by atoms with Crippen LogP contribution >= 0.6 is 11.5 Å². The number of pyridine rings is 1. The molecule has 160 valence electrons. The van der Waals surface area contributed by atoms with Crippen molar-refractivity contribution in [1.82, 2.24) is 8.94 Å². The summed E-state index contributed by atoms with van der Waals surface area (Å²) >= 11 is 0.911. The lowest BCUT2D eigenvalue weighted by Gasteiger charge is -2.38. The van der Waals surface area contributed by atoms with E-state index in [9.17, 15) is 9.59 Å². The quantitative estimate of drug-likeness (QED) is 0.615. The van der Waals surface area contributed by atoms with Gasteiger partial charge in [-0.1, -0.05) is 13.3 Å². The standard InChI is InChI=1S/C20H21F3N4O2S/c1-2-8-5-6-26(7-10(8)24)17-14(22)13(21)11-16(15(17)23)27(9-3-4-9)20-12(18(11)28)19(29)25-30-20/h8-10H,2-7,24H2,1H3,(H,25,29)/t8-,10-/m0/s1. The van der Waals surface area contributed by atoms with Crippen LogP contribution in [0.25, 0.3) is 21.1 Å². The molecule has 1 saturated carbocycles. The van der Waals surface area contributed by atoms with Gasteiger partial charge in [0, 0.05) is 25.2 Å². The Balaban J connectivity index is 1.83. The van der Waals surface area contributed by atoms with E-state index in [4.69, 9.17) is 5.73 Å². The monoisotopic (exact) mass is 438 g/mol. The number of hydrogen-bond acceptors (Lipinski definition) is 5. The fraction of sp³-hybridized carbons (Fsp3) is 0.500. The zero-order chi connectivity index (χ0) is 21.3. The Labute approximate surface area is 173 Å². The van der Waals surface area contributed by atoms with Gasteiger partial charge in [-0.05, 0) is 36.7 Å². The Kier molecular flexibility index (Phi) is 4.48. The minimum absolute atomic E-state index is 0.164. The maximum absolute atomic E-state index is 15.8. The molecule has 3 aromatic rings. The smallest absolute Gasteiger partial charge is 0.271 e. The molecule has 1 aliphatic heterocycles. The number of anilines is 1. The molecule has 0 amide bonds. The minimum atomic E-state index is -1.42. The van der Waals surface area contributed by atoms with Gasteiger partial charge in [0.2, 0.25) is 5.43 Å². The molecule has 1 aromatic carbocycles. The van der Waals surface area contributed by atoms with Crippen molar-refractivity contribution < 1.29 is 13.2 Å². The Morgan fingerprint density at radius 2 is 1.83 bits per heavy atom. The van der Waals surface area contributed by atoms with Crippen LogP contribution in [0.2, 0.25) is 0 Å². The highest BCUT2D eigenvalue weighted by Gasteiger charge is 2.36. The summed E-state index contributed by atoms with van der Waals surface area (Å²) in [6.07, 6.45) is 2.92. The molecule has 6 nitrogen and oxygen atoms in total. The molecule has 0 radical (unpaired) electrons. The third kappa shape index (κ3) is 2.66. The minimum Gasteiger partial charge on any atom is -0.365 e. The SMILES string of the molecule is CC[C@H]1CCN(c2c(F)c(F)c3c(=O)c4c(=O)[nH]sc4n(C4CC4)c3c2F)C[C@@H]1N. The summed E-state index contributed by atoms with van der Waals surface area (Å²) in [5.74, 6) is -3.57. The first-order valence-corrected chi connectivity index (χ1v) is 10.9. The van der Waals surface area contributed by atoms with E-state index in [1.165, 1.54) is 9.47 Å². The van der Waals surface area contributed by atoms with Gasteiger partial charge in [-0.3, -0.25) is 14.0 Å². The average molecular weight is 438 g/mol. The van der Waals surface area contributed by atoms with Crippen molar-refractivity contribution in [3.63, 3.8) is 0 Å². The molecule has 2 aromatic heterocycles. The van der Waals surface area contributed by atoms with Crippen molar-refractivity contribution in [3.05, 3.63) is 38.0 Å². The Hall–Kier alpha value is -2.33. The number of nitrogens with two attached hydrogens (primary N) is 1. The van der Waals surface area contributed by atoms with Gasteiger partial charge in [0.1, 0.15) is 15.9 Å². The number of piperidine rings is 1. The number of benzene rings is 1. The summed E-state index contributed by atoms with van der Waals surface area (Å²) in [6, 6.07) is -0.452. The molecule has 3 heterocycles. The highest BCUT2D eigenvalue weighted by Crippen LogP contribution is 2.43. The van der Waals surface area contributed by atoms with E-state index in [2.05, 4.69) is 4.37 Å². The number of hydrogen-bond donors (Lipinski definition) is 2. The summed E-state index contributed by atoms with van der Waals surface area (Å²) in [4.78, 5) is 26.7. The van der Waals surface area contributed by atoms with Crippen molar-refractivity contribution in [3.8, 4) is 0 Å². The second kappa shape index (κ2) is 6.84. The number of aromatic amines is 1. The molecule has 5 rings (SSSR count). The fourth-order valence-electron chi connectivity index (χ4n) is 4.66. The summed E-state index contributed by atoms with van der Waals surface area (Å²) in [5, 5.41) is -0.958. The zero-order valence-electron chi connectivity index (χ0n) is 16.3. The summed E-state index contributed by atoms with van der Waals surface area (Å²) in [6.45, 7) is 2.56. The van der Waals surface area contributed by atoms with Crippen LogP contribution in [0.3, 0.4) is 0 Å². The number of rotatable bonds is 3. The second-order valence-electron chi connectivity index (χ2n) is 8.22. The van der Waals surface area contributed by atoms with Gasteiger partial charge in [-0.2, -0.15) is 0 Å². The van der Waals surface area contributed by atoms with Gasteiger partial charge in [0.25, 0.3) is 5.56 Å². The highest BCUT2D eigenvalue weighted by molar-refractivity contribution is 7.12. The molecule has 0 spiro atoms. The predicted molar refractivity (Wildman–Crippen MR) is 111 cm³/mol. The first-order chi connectivity index (χ1) is 14.3. The third-order valence-electron chi connectivity index (χ3n) is 6.43. The Morgan fingerprint density at radius 3 is 2.47 bits per heavy atom. The van der Waals surface area contributed by atoms with Crippen LogP contribution in [0.1, 0.15) is 38.6 Å². The lowest BCUT2D eigenvalue weighted by molar-refractivity contribution is 0.338. The normalized spacial score (nSPS) is 22.4. The average Bonchev–Trinajstić information content (AvgIpc) is 3.48. The van der Waals surface area contributed by atoms with E-state index >= 15 is 13.2 Å². The van der Waals surface area contributed by atoms with Crippen molar-refractivity contribution in [1.29, 1.82) is 0 Å². The van der Waals surface area contributed by atoms with Crippen molar-refractivity contribution >= 4 is 38.3 Å². The molecule has 1 aliphatic carbocycles. The molecule has 1 saturated heterocycles. The number of aromatic nitrogens is 2. The number of nitrogens with one attached hydrogen (secondary N) is 1. The largest absolute Gasteiger partial charge is 0.365 e. The second-order valence-corrected chi connectivity index (χ2v) is 9.02. The molecule has 30 heavy (non-hydrogen) atoms. The van der Waals surface area contributed by atoms with Crippen molar-refractivity contribution in [2.75, 3.05) is 18.0 Å². The number of H-pyrrole nitrogens is 1. The molecule has 0 unspecified atom stereocenters. The summed E-state index contributed by atoms with van der Waals surface area (Å²) in [7, 11) is 0. The third-order valence-corrected chi connectivity index (χ3v) is 7.31. The highest BCUT2D eigenvalue weighted by atomic mass is 32.1. The molecule has 2 atom stereocenters. The first-order valence-electron chi connectivity index (χ1n) is 10.1. The number of halogens is 3. The van der Waals surface area contributed by atoms with Crippen LogP contribution in [0.4, 0.5) is 18.9 Å². The molecule has 10 heteroatoms. The first kappa shape index (κ1) is 19.6. The van der Waals surface area contributed by atoms with Crippen LogP contribution in [0.15, 0.2) is 9.59 Å². The van der Waals surface area contributed by atoms with Gasteiger partial charge in [-0.15, -0.1) is 0 Å². The maximum atomic E-state index is 15.8. The summed E-state index contributed by atoms with van der Waals surface area (Å²) < 4.78 is 50.1. The topological polar surface area (TPSA) is 84.1 Å². The Bertz CT molecular complexity index is 1290. The van der Waals surface area contributed by atoms with Crippen LogP contribution < -0.4 is 21.6 Å². The van der Waals surface area contributed by atoms with E-state index in [-0.39, 0.29) is 40.3 Å². The van der Waals surface area contributed by atoms with Crippen LogP contribution in [-0.2, 0) is 0 Å². The molecular formula is C20H21F3N4O2S. The van der Waals surface area contributed by atoms with Crippen LogP contribution in [0, 0.1) is 23.4 Å². The number of fused-ring (bicyclic) bond motifs is 2. The lowest BCUT2D eigenvalue weighted by atomic mass is 9.89. The van der Waals surface area contributed by atoms with E-state index in [0.717, 1.165) is 18.0 Å². The van der Waals surface area contributed by atoms with Gasteiger partial charge in [0.05, 0.1) is 10.9 Å². The molecule has 3 N–H and O–H groups in total. The summed E-state index contributed by atoms with van der Waals surface area (Å²) in [5.41, 5.74) is 3.77. The van der Waals surface area contributed by atoms with Crippen LogP contribution in [-0.4, -0.2) is 28.1 Å². The molecule has 2 aliphatic rings. The predicted octanol–water partition coefficient (Wildman–Crippen LogP) is 3.22. The zero-order valence-corrected chi connectivity index (χ0v) is 17.1. The van der Waals surface area contributed by atoms with E-state index in [0.29, 0.717) is 25.8 Å². The van der Waals surface area contributed by atoms with Gasteiger partial charge in [0.15, 0.2) is 17.5 Å². The molecular weight excluding hydrogens is 417 g/mol. The maximum Gasteiger partial charge on any atom is 0.271 e. The van der Waals surface area contributed by atoms with Crippen LogP contribution in [0.5, 0.6) is 0 Å².